The Hall–Kier alpha value is -1.92. The van der Waals surface area contributed by atoms with Crippen molar-refractivity contribution in [3.05, 3.63) is 45.0 Å². The Morgan fingerprint density at radius 1 is 1.17 bits per heavy atom. The number of phenols is 1. The minimum Gasteiger partial charge on any atom is -0.507 e. The molecule has 188 valence electrons. The minimum absolute atomic E-state index is 0.00126. The van der Waals surface area contributed by atoms with Gasteiger partial charge in [0.1, 0.15) is 5.75 Å². The van der Waals surface area contributed by atoms with Gasteiger partial charge < -0.3 is 9.84 Å². The number of benzene rings is 1. The van der Waals surface area contributed by atoms with Crippen LogP contribution >= 0.6 is 15.9 Å². The standard InChI is InChI=1S/C29H36BrNO4/c1-3-18(14-19-15-20(30)10-11-24(19)32)9-12-25-26-17(2)13-22-27(23(26)16-35-25)29(34)31(28(22)33)21-7-5-4-6-8-21/h10-11,14-15,21-23,25,27,32H,3-9,12-13,16H2,1-2H3/b18-14+/t22-,23+,25-,27-/m1/s1. The van der Waals surface area contributed by atoms with Crippen LogP contribution in [0.15, 0.2) is 39.4 Å². The zero-order valence-electron chi connectivity index (χ0n) is 20.8. The lowest BCUT2D eigenvalue weighted by Gasteiger charge is -2.31. The van der Waals surface area contributed by atoms with Crippen LogP contribution in [-0.4, -0.2) is 40.6 Å². The Bertz CT molecular complexity index is 1070. The molecule has 1 N–H and O–H groups in total. The number of nitrogens with zero attached hydrogens (tertiary/aromatic N) is 1. The molecule has 2 aliphatic carbocycles. The molecule has 0 spiro atoms. The molecule has 0 unspecified atom stereocenters. The van der Waals surface area contributed by atoms with Gasteiger partial charge in [-0.15, -0.1) is 0 Å². The Labute approximate surface area is 216 Å². The highest BCUT2D eigenvalue weighted by Crippen LogP contribution is 2.50. The van der Waals surface area contributed by atoms with Crippen LogP contribution in [0.1, 0.15) is 77.2 Å². The summed E-state index contributed by atoms with van der Waals surface area (Å²) in [6.45, 7) is 4.81. The third-order valence-corrected chi connectivity index (χ3v) is 9.15. The molecule has 5 rings (SSSR count). The van der Waals surface area contributed by atoms with Gasteiger partial charge in [0.25, 0.3) is 0 Å². The van der Waals surface area contributed by atoms with Crippen molar-refractivity contribution in [2.75, 3.05) is 6.61 Å². The number of aromatic hydroxyl groups is 1. The van der Waals surface area contributed by atoms with Gasteiger partial charge in [0.05, 0.1) is 24.5 Å². The fourth-order valence-electron chi connectivity index (χ4n) is 6.88. The number of imide groups is 1. The second kappa shape index (κ2) is 10.2. The number of likely N-dealkylation sites (tertiary alicyclic amines) is 1. The molecule has 3 fully saturated rings. The average molecular weight is 543 g/mol. The highest BCUT2D eigenvalue weighted by molar-refractivity contribution is 9.10. The number of carbonyl (C=O) groups is 2. The largest absolute Gasteiger partial charge is 0.507 e. The Balaban J connectivity index is 1.31. The average Bonchev–Trinajstić information content (AvgIpc) is 3.38. The zero-order chi connectivity index (χ0) is 24.7. The molecular formula is C29H36BrNO4. The third-order valence-electron chi connectivity index (χ3n) is 8.66. The van der Waals surface area contributed by atoms with Crippen LogP contribution in [0.25, 0.3) is 6.08 Å². The number of fused-ring (bicyclic) bond motifs is 3. The number of amides is 2. The molecule has 6 heteroatoms. The first-order chi connectivity index (χ1) is 16.9. The molecule has 2 amide bonds. The van der Waals surface area contributed by atoms with E-state index in [1.165, 1.54) is 23.1 Å². The van der Waals surface area contributed by atoms with E-state index in [4.69, 9.17) is 4.74 Å². The number of halogens is 1. The monoisotopic (exact) mass is 541 g/mol. The summed E-state index contributed by atoms with van der Waals surface area (Å²) in [5, 5.41) is 10.2. The van der Waals surface area contributed by atoms with Crippen molar-refractivity contribution in [1.29, 1.82) is 0 Å². The van der Waals surface area contributed by atoms with Crippen LogP contribution in [0.2, 0.25) is 0 Å². The second-order valence-corrected chi connectivity index (χ2v) is 11.7. The van der Waals surface area contributed by atoms with Gasteiger partial charge in [-0.25, -0.2) is 0 Å². The predicted molar refractivity (Wildman–Crippen MR) is 140 cm³/mol. The van der Waals surface area contributed by atoms with Crippen LogP contribution in [0.3, 0.4) is 0 Å². The van der Waals surface area contributed by atoms with Gasteiger partial charge in [0.2, 0.25) is 11.8 Å². The van der Waals surface area contributed by atoms with E-state index in [0.717, 1.165) is 55.0 Å². The van der Waals surface area contributed by atoms with E-state index in [1.54, 1.807) is 11.0 Å². The van der Waals surface area contributed by atoms with Crippen LogP contribution < -0.4 is 0 Å². The molecule has 4 aliphatic rings. The molecular weight excluding hydrogens is 506 g/mol. The maximum atomic E-state index is 13.6. The first-order valence-electron chi connectivity index (χ1n) is 13.2. The number of carbonyl (C=O) groups excluding carboxylic acids is 2. The Morgan fingerprint density at radius 2 is 1.94 bits per heavy atom. The number of phenolic OH excluding ortho intramolecular Hbond substituents is 1. The van der Waals surface area contributed by atoms with E-state index in [0.29, 0.717) is 13.0 Å². The van der Waals surface area contributed by atoms with E-state index in [-0.39, 0.29) is 47.5 Å². The molecule has 1 aromatic rings. The van der Waals surface area contributed by atoms with Crippen LogP contribution in [0.5, 0.6) is 5.75 Å². The third kappa shape index (κ3) is 4.64. The Kier molecular flexibility index (Phi) is 7.23. The molecule has 2 saturated heterocycles. The number of allylic oxidation sites excluding steroid dienone is 2. The number of rotatable bonds is 6. The predicted octanol–water partition coefficient (Wildman–Crippen LogP) is 6.40. The van der Waals surface area contributed by atoms with Gasteiger partial charge in [0.15, 0.2) is 0 Å². The van der Waals surface area contributed by atoms with Gasteiger partial charge in [-0.05, 0) is 69.2 Å². The van der Waals surface area contributed by atoms with Crippen molar-refractivity contribution in [3.8, 4) is 5.75 Å². The maximum absolute atomic E-state index is 13.6. The normalized spacial score (nSPS) is 29.7. The topological polar surface area (TPSA) is 66.8 Å². The van der Waals surface area contributed by atoms with Crippen molar-refractivity contribution in [2.45, 2.75) is 83.8 Å². The molecule has 0 radical (unpaired) electrons. The SMILES string of the molecule is CC/C(=C\c1cc(Br)ccc1O)CC[C@H]1OC[C@H]2C1=C(C)C[C@H]1C(=O)N(C3CCCCC3)C(=O)[C@H]12. The highest BCUT2D eigenvalue weighted by Gasteiger charge is 2.57. The number of hydrogen-bond donors (Lipinski definition) is 1. The number of hydrogen-bond acceptors (Lipinski definition) is 4. The van der Waals surface area contributed by atoms with E-state index in [2.05, 4.69) is 35.9 Å². The lowest BCUT2D eigenvalue weighted by Crippen LogP contribution is -2.42. The molecule has 1 saturated carbocycles. The molecule has 35 heavy (non-hydrogen) atoms. The smallest absolute Gasteiger partial charge is 0.234 e. The fraction of sp³-hybridized carbons (Fsp3) is 0.586. The van der Waals surface area contributed by atoms with Gasteiger partial charge in [-0.3, -0.25) is 14.5 Å². The lowest BCUT2D eigenvalue weighted by molar-refractivity contribution is -0.143. The van der Waals surface area contributed by atoms with Crippen LogP contribution in [0.4, 0.5) is 0 Å². The van der Waals surface area contributed by atoms with Crippen molar-refractivity contribution < 1.29 is 19.4 Å². The Morgan fingerprint density at radius 3 is 2.69 bits per heavy atom. The fourth-order valence-corrected chi connectivity index (χ4v) is 7.26. The van der Waals surface area contributed by atoms with Crippen molar-refractivity contribution in [3.63, 3.8) is 0 Å². The lowest BCUT2D eigenvalue weighted by atomic mass is 9.70. The maximum Gasteiger partial charge on any atom is 0.234 e. The van der Waals surface area contributed by atoms with E-state index in [9.17, 15) is 14.7 Å². The molecule has 2 heterocycles. The van der Waals surface area contributed by atoms with Crippen LogP contribution in [0, 0.1) is 17.8 Å². The first kappa shape index (κ1) is 24.8. The summed E-state index contributed by atoms with van der Waals surface area (Å²) in [4.78, 5) is 28.6. The van der Waals surface area contributed by atoms with Gasteiger partial charge in [-0.1, -0.05) is 59.3 Å². The van der Waals surface area contributed by atoms with Crippen molar-refractivity contribution >= 4 is 33.8 Å². The van der Waals surface area contributed by atoms with E-state index in [1.807, 2.05) is 12.1 Å². The minimum atomic E-state index is -0.243. The summed E-state index contributed by atoms with van der Waals surface area (Å²) in [6.07, 6.45) is 10.7. The summed E-state index contributed by atoms with van der Waals surface area (Å²) in [5.41, 5.74) is 4.60. The molecule has 0 bridgehead atoms. The molecule has 0 aromatic heterocycles. The number of ether oxygens (including phenoxy) is 1. The van der Waals surface area contributed by atoms with Crippen molar-refractivity contribution in [2.24, 2.45) is 17.8 Å². The van der Waals surface area contributed by atoms with Gasteiger partial charge in [0, 0.05) is 22.0 Å². The zero-order valence-corrected chi connectivity index (χ0v) is 22.4. The van der Waals surface area contributed by atoms with Gasteiger partial charge >= 0.3 is 0 Å². The van der Waals surface area contributed by atoms with E-state index >= 15 is 0 Å². The first-order valence-corrected chi connectivity index (χ1v) is 14.0. The summed E-state index contributed by atoms with van der Waals surface area (Å²) in [5.74, 6) is -0.00429. The second-order valence-electron chi connectivity index (χ2n) is 10.7. The molecule has 5 nitrogen and oxygen atoms in total. The molecule has 4 atom stereocenters. The summed E-state index contributed by atoms with van der Waals surface area (Å²) in [7, 11) is 0. The van der Waals surface area contributed by atoms with Crippen molar-refractivity contribution in [1.82, 2.24) is 4.90 Å². The van der Waals surface area contributed by atoms with Crippen LogP contribution in [-0.2, 0) is 14.3 Å². The summed E-state index contributed by atoms with van der Waals surface area (Å²) < 4.78 is 7.25. The summed E-state index contributed by atoms with van der Waals surface area (Å²) in [6, 6.07) is 5.57. The molecule has 2 aliphatic heterocycles. The highest BCUT2D eigenvalue weighted by atomic mass is 79.9. The van der Waals surface area contributed by atoms with E-state index < -0.39 is 0 Å². The van der Waals surface area contributed by atoms with Gasteiger partial charge in [-0.2, -0.15) is 0 Å². The summed E-state index contributed by atoms with van der Waals surface area (Å²) >= 11 is 3.49. The quantitative estimate of drug-likeness (QED) is 0.334. The molecule has 1 aromatic carbocycles.